The minimum Gasteiger partial charge on any atom is -0.310 e. The van der Waals surface area contributed by atoms with Gasteiger partial charge < -0.3 is 9.47 Å². The maximum atomic E-state index is 2.44. The average molecular weight is 839 g/mol. The molecule has 0 fully saturated rings. The number of para-hydroxylation sites is 1. The Morgan fingerprint density at radius 3 is 1.49 bits per heavy atom. The zero-order valence-electron chi connectivity index (χ0n) is 37.9. The van der Waals surface area contributed by atoms with E-state index in [1.165, 1.54) is 94.3 Å². The second-order valence-corrected chi connectivity index (χ2v) is 18.3. The van der Waals surface area contributed by atoms with Crippen LogP contribution in [0.15, 0.2) is 206 Å². The van der Waals surface area contributed by atoms with E-state index in [1.807, 2.05) is 0 Å². The lowest BCUT2D eigenvalue weighted by Crippen LogP contribution is -2.16. The second-order valence-electron chi connectivity index (χ2n) is 18.3. The number of rotatable bonds is 11. The molecule has 1 aliphatic carbocycles. The monoisotopic (exact) mass is 838 g/mol. The van der Waals surface area contributed by atoms with Crippen LogP contribution in [0.4, 0.5) is 17.1 Å². The summed E-state index contributed by atoms with van der Waals surface area (Å²) in [4.78, 5) is 2.44. The standard InChI is InChI=1S/C63H54N2/c1-5-14-43-22-38-61-56(40-43)57-41-44(15-6-2)23-39-62(57)65(61)51-34-30-48(31-35-51)46-26-24-45(25-27-46)47-28-32-50(33-29-47)64(60-21-13-11-18-53(60)49-16-8-7-9-17-49)52-36-37-55-54-19-10-12-20-58(54)63(3,4)59(55)42-52/h7-13,16-42H,5-6,14-15H2,1-4H3. The highest BCUT2D eigenvalue weighted by atomic mass is 15.1. The van der Waals surface area contributed by atoms with Crippen molar-refractivity contribution in [1.82, 2.24) is 4.57 Å². The third-order valence-corrected chi connectivity index (χ3v) is 13.8. The van der Waals surface area contributed by atoms with Gasteiger partial charge in [-0.2, -0.15) is 0 Å². The van der Waals surface area contributed by atoms with Crippen molar-refractivity contribution in [2.75, 3.05) is 4.90 Å². The first-order valence-electron chi connectivity index (χ1n) is 23.5. The van der Waals surface area contributed by atoms with Gasteiger partial charge in [-0.15, -0.1) is 0 Å². The Labute approximate surface area is 384 Å². The van der Waals surface area contributed by atoms with E-state index in [4.69, 9.17) is 0 Å². The van der Waals surface area contributed by atoms with E-state index in [9.17, 15) is 0 Å². The molecule has 0 spiro atoms. The van der Waals surface area contributed by atoms with Gasteiger partial charge in [-0.3, -0.25) is 0 Å². The highest BCUT2D eigenvalue weighted by Crippen LogP contribution is 2.51. The van der Waals surface area contributed by atoms with Crippen LogP contribution < -0.4 is 4.90 Å². The number of anilines is 3. The molecule has 1 aliphatic rings. The van der Waals surface area contributed by atoms with Crippen molar-refractivity contribution in [3.63, 3.8) is 0 Å². The van der Waals surface area contributed by atoms with Gasteiger partial charge in [-0.25, -0.2) is 0 Å². The fourth-order valence-corrected chi connectivity index (χ4v) is 10.5. The van der Waals surface area contributed by atoms with E-state index in [2.05, 4.69) is 243 Å². The third-order valence-electron chi connectivity index (χ3n) is 13.8. The Balaban J connectivity index is 0.910. The molecule has 2 heteroatoms. The lowest BCUT2D eigenvalue weighted by Gasteiger charge is -2.30. The largest absolute Gasteiger partial charge is 0.310 e. The van der Waals surface area contributed by atoms with Crippen LogP contribution in [0.3, 0.4) is 0 Å². The Bertz CT molecular complexity index is 3270. The van der Waals surface area contributed by atoms with Crippen LogP contribution in [0.2, 0.25) is 0 Å². The fraction of sp³-hybridized carbons (Fsp3) is 0.143. The molecule has 0 atom stereocenters. The predicted molar refractivity (Wildman–Crippen MR) is 277 cm³/mol. The number of nitrogens with zero attached hydrogens (tertiary/aromatic N) is 2. The summed E-state index contributed by atoms with van der Waals surface area (Å²) in [5, 5.41) is 2.69. The van der Waals surface area contributed by atoms with Gasteiger partial charge in [0.2, 0.25) is 0 Å². The number of hydrogen-bond acceptors (Lipinski definition) is 1. The molecule has 65 heavy (non-hydrogen) atoms. The summed E-state index contributed by atoms with van der Waals surface area (Å²) in [7, 11) is 0. The summed E-state index contributed by atoms with van der Waals surface area (Å²) < 4.78 is 2.44. The van der Waals surface area contributed by atoms with Gasteiger partial charge in [0.25, 0.3) is 0 Å². The van der Waals surface area contributed by atoms with Gasteiger partial charge in [0, 0.05) is 38.8 Å². The SMILES string of the molecule is CCCc1ccc2c(c1)c1cc(CCC)ccc1n2-c1ccc(-c2ccc(-c3ccc(N(c4ccc5c(c4)C(C)(C)c4ccccc4-5)c4ccccc4-c4ccccc4)cc3)cc2)cc1. The molecule has 0 saturated heterocycles. The highest BCUT2D eigenvalue weighted by molar-refractivity contribution is 6.09. The van der Waals surface area contributed by atoms with Crippen LogP contribution in [-0.4, -0.2) is 4.57 Å². The van der Waals surface area contributed by atoms with Crippen LogP contribution in [0.1, 0.15) is 62.8 Å². The Kier molecular flexibility index (Phi) is 10.3. The summed E-state index contributed by atoms with van der Waals surface area (Å²) in [6, 6.07) is 76.8. The fourth-order valence-electron chi connectivity index (χ4n) is 10.5. The number of aromatic nitrogens is 1. The van der Waals surface area contributed by atoms with Gasteiger partial charge in [-0.1, -0.05) is 180 Å². The summed E-state index contributed by atoms with van der Waals surface area (Å²) in [5.74, 6) is 0. The summed E-state index contributed by atoms with van der Waals surface area (Å²) in [6.07, 6.45) is 4.50. The Hall–Kier alpha value is -7.42. The minimum atomic E-state index is -0.103. The van der Waals surface area contributed by atoms with Crippen molar-refractivity contribution >= 4 is 38.9 Å². The van der Waals surface area contributed by atoms with Crippen molar-refractivity contribution in [2.24, 2.45) is 0 Å². The van der Waals surface area contributed by atoms with Crippen LogP contribution >= 0.6 is 0 Å². The van der Waals surface area contributed by atoms with Crippen molar-refractivity contribution in [2.45, 2.75) is 58.8 Å². The quantitative estimate of drug-likeness (QED) is 0.126. The van der Waals surface area contributed by atoms with Gasteiger partial charge in [-0.05, 0) is 141 Å². The van der Waals surface area contributed by atoms with Crippen molar-refractivity contribution < 1.29 is 0 Å². The van der Waals surface area contributed by atoms with Crippen LogP contribution in [0.25, 0.3) is 72.0 Å². The van der Waals surface area contributed by atoms with E-state index in [0.29, 0.717) is 0 Å². The normalized spacial score (nSPS) is 12.7. The first kappa shape index (κ1) is 40.4. The molecular formula is C63H54N2. The number of hydrogen-bond donors (Lipinski definition) is 0. The molecule has 11 rings (SSSR count). The molecule has 9 aromatic carbocycles. The van der Waals surface area contributed by atoms with Gasteiger partial charge in [0.05, 0.1) is 16.7 Å². The molecule has 0 unspecified atom stereocenters. The zero-order chi connectivity index (χ0) is 44.1. The second kappa shape index (κ2) is 16.6. The Morgan fingerprint density at radius 1 is 0.400 bits per heavy atom. The van der Waals surface area contributed by atoms with E-state index < -0.39 is 0 Å². The van der Waals surface area contributed by atoms with Gasteiger partial charge in [0.15, 0.2) is 0 Å². The maximum absolute atomic E-state index is 2.44. The van der Waals surface area contributed by atoms with Gasteiger partial charge >= 0.3 is 0 Å². The van der Waals surface area contributed by atoms with E-state index in [0.717, 1.165) is 42.7 Å². The topological polar surface area (TPSA) is 8.17 Å². The summed E-state index contributed by atoms with van der Waals surface area (Å²) in [5.41, 5.74) is 22.4. The molecule has 316 valence electrons. The van der Waals surface area contributed by atoms with Crippen molar-refractivity contribution in [3.05, 3.63) is 229 Å². The van der Waals surface area contributed by atoms with E-state index in [-0.39, 0.29) is 5.41 Å². The molecule has 0 bridgehead atoms. The van der Waals surface area contributed by atoms with Gasteiger partial charge in [0.1, 0.15) is 0 Å². The summed E-state index contributed by atoms with van der Waals surface area (Å²) >= 11 is 0. The molecule has 10 aromatic rings. The Morgan fingerprint density at radius 2 is 0.892 bits per heavy atom. The molecule has 0 radical (unpaired) electrons. The van der Waals surface area contributed by atoms with E-state index >= 15 is 0 Å². The number of benzene rings is 9. The van der Waals surface area contributed by atoms with Crippen molar-refractivity contribution in [1.29, 1.82) is 0 Å². The smallest absolute Gasteiger partial charge is 0.0541 e. The summed E-state index contributed by atoms with van der Waals surface area (Å²) in [6.45, 7) is 9.24. The van der Waals surface area contributed by atoms with E-state index in [1.54, 1.807) is 0 Å². The first-order chi connectivity index (χ1) is 31.9. The minimum absolute atomic E-state index is 0.103. The maximum Gasteiger partial charge on any atom is 0.0541 e. The molecule has 1 heterocycles. The molecular weight excluding hydrogens is 785 g/mol. The average Bonchev–Trinajstić information content (AvgIpc) is 3.79. The van der Waals surface area contributed by atoms with Crippen molar-refractivity contribution in [3.8, 4) is 50.2 Å². The van der Waals surface area contributed by atoms with Crippen LogP contribution in [-0.2, 0) is 18.3 Å². The molecule has 1 aromatic heterocycles. The zero-order valence-corrected chi connectivity index (χ0v) is 37.9. The lowest BCUT2D eigenvalue weighted by atomic mass is 9.82. The number of aryl methyl sites for hydroxylation is 2. The first-order valence-corrected chi connectivity index (χ1v) is 23.5. The third kappa shape index (κ3) is 7.15. The predicted octanol–water partition coefficient (Wildman–Crippen LogP) is 17.5. The molecule has 0 saturated carbocycles. The highest BCUT2D eigenvalue weighted by Gasteiger charge is 2.36. The molecule has 0 aliphatic heterocycles. The lowest BCUT2D eigenvalue weighted by molar-refractivity contribution is 0.660. The molecule has 0 amide bonds. The number of fused-ring (bicyclic) bond motifs is 6. The molecule has 2 nitrogen and oxygen atoms in total. The molecule has 0 N–H and O–H groups in total. The van der Waals surface area contributed by atoms with Crippen LogP contribution in [0.5, 0.6) is 0 Å². The van der Waals surface area contributed by atoms with Crippen LogP contribution in [0, 0.1) is 0 Å².